The molecule has 0 aliphatic carbocycles. The first-order chi connectivity index (χ1) is 9.44. The smallest absolute Gasteiger partial charge is 0.410 e. The lowest BCUT2D eigenvalue weighted by Crippen LogP contribution is -2.36. The van der Waals surface area contributed by atoms with Crippen molar-refractivity contribution in [3.63, 3.8) is 0 Å². The van der Waals surface area contributed by atoms with Crippen molar-refractivity contribution in [2.75, 3.05) is 19.6 Å². The second-order valence-electron chi connectivity index (χ2n) is 6.34. The highest BCUT2D eigenvalue weighted by atomic mass is 16.6. The molecule has 20 heavy (non-hydrogen) atoms. The Kier molecular flexibility index (Phi) is 4.70. The van der Waals surface area contributed by atoms with E-state index in [9.17, 15) is 4.79 Å². The maximum absolute atomic E-state index is 11.9. The molecule has 0 aromatic carbocycles. The number of hydrogen-bond acceptors (Lipinski definition) is 4. The van der Waals surface area contributed by atoms with E-state index >= 15 is 0 Å². The minimum Gasteiger partial charge on any atom is -0.472 e. The van der Waals surface area contributed by atoms with Crippen molar-refractivity contribution in [2.24, 2.45) is 5.92 Å². The number of carbonyl (C=O) groups excluding carboxylic acids is 1. The summed E-state index contributed by atoms with van der Waals surface area (Å²) in [7, 11) is 0. The van der Waals surface area contributed by atoms with Gasteiger partial charge in [-0.05, 0) is 39.2 Å². The van der Waals surface area contributed by atoms with Crippen molar-refractivity contribution < 1.29 is 13.9 Å². The van der Waals surface area contributed by atoms with E-state index in [1.54, 1.807) is 17.4 Å². The van der Waals surface area contributed by atoms with Gasteiger partial charge < -0.3 is 19.4 Å². The summed E-state index contributed by atoms with van der Waals surface area (Å²) in [6.07, 6.45) is 4.25. The van der Waals surface area contributed by atoms with Gasteiger partial charge in [0.05, 0.1) is 12.5 Å². The maximum Gasteiger partial charge on any atom is 0.410 e. The third-order valence-corrected chi connectivity index (χ3v) is 3.28. The number of nitrogens with one attached hydrogen (secondary N) is 1. The van der Waals surface area contributed by atoms with Crippen LogP contribution in [0.5, 0.6) is 0 Å². The molecule has 0 bridgehead atoms. The molecular formula is C15H24N2O3. The van der Waals surface area contributed by atoms with Gasteiger partial charge in [-0.2, -0.15) is 0 Å². The molecule has 5 heteroatoms. The van der Waals surface area contributed by atoms with Gasteiger partial charge in [0.1, 0.15) is 5.60 Å². The second-order valence-corrected chi connectivity index (χ2v) is 6.34. The van der Waals surface area contributed by atoms with E-state index in [4.69, 9.17) is 9.15 Å². The van der Waals surface area contributed by atoms with Crippen LogP contribution in [0.15, 0.2) is 23.0 Å². The van der Waals surface area contributed by atoms with Crippen LogP contribution >= 0.6 is 0 Å². The summed E-state index contributed by atoms with van der Waals surface area (Å²) >= 11 is 0. The van der Waals surface area contributed by atoms with Gasteiger partial charge in [-0.3, -0.25) is 0 Å². The zero-order valence-electron chi connectivity index (χ0n) is 12.5. The number of carbonyl (C=O) groups is 1. The van der Waals surface area contributed by atoms with Crippen LogP contribution < -0.4 is 5.32 Å². The highest BCUT2D eigenvalue weighted by Crippen LogP contribution is 2.19. The fourth-order valence-corrected chi connectivity index (χ4v) is 2.31. The fraction of sp³-hybridized carbons (Fsp3) is 0.667. The number of hydrogen-bond donors (Lipinski definition) is 1. The molecule has 1 aromatic heterocycles. The number of likely N-dealkylation sites (tertiary alicyclic amines) is 1. The lowest BCUT2D eigenvalue weighted by molar-refractivity contribution is 0.0288. The molecule has 0 unspecified atom stereocenters. The Balaban J connectivity index is 1.68. The molecule has 2 rings (SSSR count). The SMILES string of the molecule is CC(C)(C)OC(=O)N1CC[C@@H](CNCc2ccoc2)C1. The molecule has 1 aliphatic rings. The number of furan rings is 1. The second kappa shape index (κ2) is 6.31. The zero-order valence-corrected chi connectivity index (χ0v) is 12.5. The Morgan fingerprint density at radius 2 is 2.35 bits per heavy atom. The summed E-state index contributed by atoms with van der Waals surface area (Å²) < 4.78 is 10.4. The van der Waals surface area contributed by atoms with Crippen molar-refractivity contribution in [2.45, 2.75) is 39.3 Å². The monoisotopic (exact) mass is 280 g/mol. The number of rotatable bonds is 4. The predicted molar refractivity (Wildman–Crippen MR) is 76.3 cm³/mol. The van der Waals surface area contributed by atoms with Gasteiger partial charge >= 0.3 is 6.09 Å². The third-order valence-electron chi connectivity index (χ3n) is 3.28. The topological polar surface area (TPSA) is 54.7 Å². The predicted octanol–water partition coefficient (Wildman–Crippen LogP) is 2.63. The van der Waals surface area contributed by atoms with Gasteiger partial charge in [-0.1, -0.05) is 0 Å². The largest absolute Gasteiger partial charge is 0.472 e. The lowest BCUT2D eigenvalue weighted by Gasteiger charge is -2.24. The first-order valence-corrected chi connectivity index (χ1v) is 7.14. The third kappa shape index (κ3) is 4.56. The van der Waals surface area contributed by atoms with Crippen molar-refractivity contribution in [3.05, 3.63) is 24.2 Å². The molecule has 2 heterocycles. The Hall–Kier alpha value is -1.49. The molecular weight excluding hydrogens is 256 g/mol. The van der Waals surface area contributed by atoms with E-state index in [2.05, 4.69) is 5.32 Å². The van der Waals surface area contributed by atoms with E-state index < -0.39 is 5.60 Å². The molecule has 112 valence electrons. The molecule has 0 saturated carbocycles. The standard InChI is InChI=1S/C15H24N2O3/c1-15(2,3)20-14(18)17-6-4-12(10-17)8-16-9-13-5-7-19-11-13/h5,7,11-12,16H,4,6,8-10H2,1-3H3/t12-/m0/s1. The summed E-state index contributed by atoms with van der Waals surface area (Å²) in [5.41, 5.74) is 0.723. The minimum atomic E-state index is -0.422. The average molecular weight is 280 g/mol. The highest BCUT2D eigenvalue weighted by molar-refractivity contribution is 5.68. The van der Waals surface area contributed by atoms with Crippen molar-refractivity contribution in [3.8, 4) is 0 Å². The van der Waals surface area contributed by atoms with Crippen molar-refractivity contribution >= 4 is 6.09 Å². The highest BCUT2D eigenvalue weighted by Gasteiger charge is 2.29. The molecule has 1 N–H and O–H groups in total. The van der Waals surface area contributed by atoms with Crippen LogP contribution in [0.25, 0.3) is 0 Å². The Bertz CT molecular complexity index is 423. The van der Waals surface area contributed by atoms with Crippen LogP contribution in [0.4, 0.5) is 4.79 Å². The van der Waals surface area contributed by atoms with Crippen LogP contribution in [0.3, 0.4) is 0 Å². The van der Waals surface area contributed by atoms with Gasteiger partial charge in [-0.25, -0.2) is 4.79 Å². The Labute approximate surface area is 120 Å². The van der Waals surface area contributed by atoms with Gasteiger partial charge in [0.15, 0.2) is 0 Å². The molecule has 5 nitrogen and oxygen atoms in total. The van der Waals surface area contributed by atoms with Crippen LogP contribution in [0, 0.1) is 5.92 Å². The molecule has 0 spiro atoms. The molecule has 1 saturated heterocycles. The average Bonchev–Trinajstić information content (AvgIpc) is 2.97. The van der Waals surface area contributed by atoms with E-state index in [0.717, 1.165) is 38.2 Å². The maximum atomic E-state index is 11.9. The molecule has 0 radical (unpaired) electrons. The summed E-state index contributed by atoms with van der Waals surface area (Å²) in [5.74, 6) is 0.495. The normalized spacial score (nSPS) is 19.4. The molecule has 1 amide bonds. The lowest BCUT2D eigenvalue weighted by atomic mass is 10.1. The summed E-state index contributed by atoms with van der Waals surface area (Å²) in [6.45, 7) is 8.95. The summed E-state index contributed by atoms with van der Waals surface area (Å²) in [6, 6.07) is 1.95. The molecule has 1 atom stereocenters. The van der Waals surface area contributed by atoms with E-state index in [1.165, 1.54) is 0 Å². The van der Waals surface area contributed by atoms with Crippen LogP contribution in [0.2, 0.25) is 0 Å². The van der Waals surface area contributed by atoms with Crippen LogP contribution in [0.1, 0.15) is 32.8 Å². The first-order valence-electron chi connectivity index (χ1n) is 7.14. The minimum absolute atomic E-state index is 0.199. The van der Waals surface area contributed by atoms with Crippen molar-refractivity contribution in [1.82, 2.24) is 10.2 Å². The van der Waals surface area contributed by atoms with Gasteiger partial charge in [-0.15, -0.1) is 0 Å². The van der Waals surface area contributed by atoms with E-state index in [0.29, 0.717) is 5.92 Å². The number of ether oxygens (including phenoxy) is 1. The van der Waals surface area contributed by atoms with Crippen LogP contribution in [-0.2, 0) is 11.3 Å². The van der Waals surface area contributed by atoms with E-state index in [-0.39, 0.29) is 6.09 Å². The Morgan fingerprint density at radius 1 is 1.55 bits per heavy atom. The van der Waals surface area contributed by atoms with Gasteiger partial charge in [0.25, 0.3) is 0 Å². The molecule has 1 aliphatic heterocycles. The van der Waals surface area contributed by atoms with Gasteiger partial charge in [0.2, 0.25) is 0 Å². The van der Waals surface area contributed by atoms with Crippen molar-refractivity contribution in [1.29, 1.82) is 0 Å². The molecule has 1 fully saturated rings. The Morgan fingerprint density at radius 3 is 3.00 bits per heavy atom. The summed E-state index contributed by atoms with van der Waals surface area (Å²) in [4.78, 5) is 13.7. The van der Waals surface area contributed by atoms with Crippen LogP contribution in [-0.4, -0.2) is 36.2 Å². The quantitative estimate of drug-likeness (QED) is 0.921. The number of nitrogens with zero attached hydrogens (tertiary/aromatic N) is 1. The first kappa shape index (κ1) is 14.9. The number of amides is 1. The zero-order chi connectivity index (χ0) is 14.6. The van der Waals surface area contributed by atoms with Gasteiger partial charge in [0, 0.05) is 31.7 Å². The summed E-state index contributed by atoms with van der Waals surface area (Å²) in [5, 5.41) is 3.40. The fourth-order valence-electron chi connectivity index (χ4n) is 2.31. The van der Waals surface area contributed by atoms with E-state index in [1.807, 2.05) is 26.8 Å². The molecule has 1 aromatic rings.